The molecule has 0 spiro atoms. The molecular weight excluding hydrogens is 349 g/mol. The predicted octanol–water partition coefficient (Wildman–Crippen LogP) is 3.20. The molecule has 3 rings (SSSR count). The van der Waals surface area contributed by atoms with Crippen LogP contribution in [0.15, 0.2) is 42.6 Å². The molecule has 1 aliphatic rings. The fraction of sp³-hybridized carbons (Fsp3) is 0.333. The van der Waals surface area contributed by atoms with Gasteiger partial charge in [0, 0.05) is 31.4 Å². The Morgan fingerprint density at radius 2 is 1.81 bits per heavy atom. The van der Waals surface area contributed by atoms with E-state index >= 15 is 0 Å². The van der Waals surface area contributed by atoms with Crippen LogP contribution in [0.25, 0.3) is 0 Å². The highest BCUT2D eigenvalue weighted by Gasteiger charge is 2.32. The topological polar surface area (TPSA) is 62.7 Å². The van der Waals surface area contributed by atoms with Crippen molar-refractivity contribution >= 4 is 5.97 Å². The van der Waals surface area contributed by atoms with Gasteiger partial charge in [0.15, 0.2) is 0 Å². The minimum Gasteiger partial charge on any atom is -0.489 e. The van der Waals surface area contributed by atoms with Crippen LogP contribution >= 0.6 is 0 Å². The van der Waals surface area contributed by atoms with Crippen LogP contribution in [-0.4, -0.2) is 34.0 Å². The van der Waals surface area contributed by atoms with Crippen LogP contribution in [0.1, 0.15) is 16.8 Å². The first kappa shape index (κ1) is 18.2. The average molecular weight is 366 g/mol. The lowest BCUT2D eigenvalue weighted by atomic mass is 10.00. The Balaban J connectivity index is 1.48. The number of hydrogen-bond acceptors (Lipinski definition) is 4. The number of aliphatic carboxylic acids is 1. The second kappa shape index (κ2) is 7.33. The number of ether oxygens (including phenoxy) is 1. The normalized spacial score (nSPS) is 15.5. The minimum atomic E-state index is -4.45. The van der Waals surface area contributed by atoms with Crippen LogP contribution < -0.4 is 4.74 Å². The van der Waals surface area contributed by atoms with Crippen molar-refractivity contribution in [1.29, 1.82) is 0 Å². The summed E-state index contributed by atoms with van der Waals surface area (Å²) < 4.78 is 42.9. The summed E-state index contributed by atoms with van der Waals surface area (Å²) in [5.41, 5.74) is 0.654. The molecule has 2 aromatic rings. The third-order valence-electron chi connectivity index (χ3n) is 4.16. The Bertz CT molecular complexity index is 755. The maximum atomic E-state index is 12.5. The fourth-order valence-corrected chi connectivity index (χ4v) is 2.65. The van der Waals surface area contributed by atoms with Crippen molar-refractivity contribution in [3.8, 4) is 5.75 Å². The van der Waals surface area contributed by atoms with Gasteiger partial charge in [0.25, 0.3) is 0 Å². The Labute approximate surface area is 148 Å². The fourth-order valence-electron chi connectivity index (χ4n) is 2.65. The first-order valence-electron chi connectivity index (χ1n) is 8.00. The Kier molecular flexibility index (Phi) is 5.13. The molecule has 1 aliphatic heterocycles. The molecule has 1 aromatic heterocycles. The highest BCUT2D eigenvalue weighted by atomic mass is 19.4. The van der Waals surface area contributed by atoms with Gasteiger partial charge in [-0.1, -0.05) is 18.2 Å². The average Bonchev–Trinajstić information content (AvgIpc) is 2.56. The summed E-state index contributed by atoms with van der Waals surface area (Å²) in [5, 5.41) is 8.86. The summed E-state index contributed by atoms with van der Waals surface area (Å²) in [6.07, 6.45) is -3.30. The van der Waals surface area contributed by atoms with Crippen molar-refractivity contribution in [3.63, 3.8) is 0 Å². The maximum Gasteiger partial charge on any atom is 0.433 e. The van der Waals surface area contributed by atoms with Crippen LogP contribution in [0.2, 0.25) is 0 Å². The van der Waals surface area contributed by atoms with Gasteiger partial charge in [0.05, 0.1) is 5.92 Å². The lowest BCUT2D eigenvalue weighted by Crippen LogP contribution is -2.49. The molecule has 0 amide bonds. The number of carboxylic acid groups (broad SMARTS) is 1. The van der Waals surface area contributed by atoms with Crippen molar-refractivity contribution in [2.45, 2.75) is 19.3 Å². The molecule has 0 saturated carbocycles. The third-order valence-corrected chi connectivity index (χ3v) is 4.16. The van der Waals surface area contributed by atoms with E-state index in [1.807, 2.05) is 17.0 Å². The Hall–Kier alpha value is -2.61. The number of benzene rings is 1. The summed E-state index contributed by atoms with van der Waals surface area (Å²) in [5.74, 6) is -0.446. The van der Waals surface area contributed by atoms with E-state index in [4.69, 9.17) is 9.84 Å². The smallest absolute Gasteiger partial charge is 0.433 e. The van der Waals surface area contributed by atoms with Gasteiger partial charge < -0.3 is 9.84 Å². The van der Waals surface area contributed by atoms with Gasteiger partial charge in [0.1, 0.15) is 18.1 Å². The molecule has 1 N–H and O–H groups in total. The number of nitrogens with zero attached hydrogens (tertiary/aromatic N) is 2. The van der Waals surface area contributed by atoms with E-state index in [0.717, 1.165) is 17.8 Å². The summed E-state index contributed by atoms with van der Waals surface area (Å²) in [7, 11) is 0. The lowest BCUT2D eigenvalue weighted by molar-refractivity contribution is -0.147. The van der Waals surface area contributed by atoms with Gasteiger partial charge in [0.2, 0.25) is 0 Å². The number of halogens is 3. The number of alkyl halides is 3. The number of pyridine rings is 1. The van der Waals surface area contributed by atoms with Gasteiger partial charge in [-0.3, -0.25) is 14.7 Å². The summed E-state index contributed by atoms with van der Waals surface area (Å²) in [4.78, 5) is 16.2. The first-order chi connectivity index (χ1) is 12.3. The molecule has 0 aliphatic carbocycles. The zero-order valence-corrected chi connectivity index (χ0v) is 13.7. The monoisotopic (exact) mass is 366 g/mol. The van der Waals surface area contributed by atoms with Crippen LogP contribution in [0, 0.1) is 5.92 Å². The Morgan fingerprint density at radius 3 is 2.35 bits per heavy atom. The molecule has 1 fully saturated rings. The van der Waals surface area contributed by atoms with Crippen LogP contribution in [-0.2, 0) is 24.1 Å². The number of aromatic nitrogens is 1. The van der Waals surface area contributed by atoms with Crippen molar-refractivity contribution in [3.05, 3.63) is 59.4 Å². The summed E-state index contributed by atoms with van der Waals surface area (Å²) in [6.45, 7) is 1.90. The number of rotatable bonds is 6. The van der Waals surface area contributed by atoms with Crippen LogP contribution in [0.5, 0.6) is 5.75 Å². The van der Waals surface area contributed by atoms with Crippen molar-refractivity contribution in [2.24, 2.45) is 5.92 Å². The number of likely N-dealkylation sites (tertiary alicyclic amines) is 1. The summed E-state index contributed by atoms with van der Waals surface area (Å²) >= 11 is 0. The molecule has 0 bridgehead atoms. The second-order valence-electron chi connectivity index (χ2n) is 6.21. The van der Waals surface area contributed by atoms with E-state index in [1.165, 1.54) is 6.07 Å². The van der Waals surface area contributed by atoms with E-state index < -0.39 is 17.8 Å². The molecule has 2 heterocycles. The molecule has 0 atom stereocenters. The maximum absolute atomic E-state index is 12.5. The van der Waals surface area contributed by atoms with Crippen molar-refractivity contribution in [1.82, 2.24) is 9.88 Å². The molecule has 5 nitrogen and oxygen atoms in total. The molecule has 8 heteroatoms. The second-order valence-corrected chi connectivity index (χ2v) is 6.21. The molecule has 1 saturated heterocycles. The van der Waals surface area contributed by atoms with Gasteiger partial charge in [-0.15, -0.1) is 0 Å². The van der Waals surface area contributed by atoms with Gasteiger partial charge in [-0.25, -0.2) is 0 Å². The molecule has 1 aromatic carbocycles. The van der Waals surface area contributed by atoms with Gasteiger partial charge >= 0.3 is 12.1 Å². The molecule has 0 radical (unpaired) electrons. The first-order valence-corrected chi connectivity index (χ1v) is 8.00. The van der Waals surface area contributed by atoms with E-state index in [-0.39, 0.29) is 12.5 Å². The lowest BCUT2D eigenvalue weighted by Gasteiger charge is -2.36. The van der Waals surface area contributed by atoms with Crippen LogP contribution in [0.4, 0.5) is 13.2 Å². The highest BCUT2D eigenvalue weighted by Crippen LogP contribution is 2.27. The van der Waals surface area contributed by atoms with E-state index in [0.29, 0.717) is 30.9 Å². The molecule has 138 valence electrons. The van der Waals surface area contributed by atoms with E-state index in [2.05, 4.69) is 4.98 Å². The van der Waals surface area contributed by atoms with Crippen molar-refractivity contribution < 1.29 is 27.8 Å². The largest absolute Gasteiger partial charge is 0.489 e. The minimum absolute atomic E-state index is 0.122. The number of carbonyl (C=O) groups is 1. The van der Waals surface area contributed by atoms with Crippen LogP contribution in [0.3, 0.4) is 0 Å². The van der Waals surface area contributed by atoms with E-state index in [9.17, 15) is 18.0 Å². The predicted molar refractivity (Wildman–Crippen MR) is 86.4 cm³/mol. The third kappa shape index (κ3) is 4.51. The zero-order chi connectivity index (χ0) is 18.7. The van der Waals surface area contributed by atoms with Gasteiger partial charge in [-0.05, 0) is 23.8 Å². The molecule has 26 heavy (non-hydrogen) atoms. The number of carboxylic acids is 1. The standard InChI is InChI=1S/C18H17F3N2O3/c19-18(20,21)16-6-3-13(7-22-16)11-26-15-4-1-12(2-5-15)8-23-9-14(10-23)17(24)25/h1-7,14H,8-11H2,(H,24,25). The zero-order valence-electron chi connectivity index (χ0n) is 13.7. The van der Waals surface area contributed by atoms with Gasteiger partial charge in [-0.2, -0.15) is 13.2 Å². The van der Waals surface area contributed by atoms with Crippen molar-refractivity contribution in [2.75, 3.05) is 13.1 Å². The molecule has 0 unspecified atom stereocenters. The van der Waals surface area contributed by atoms with E-state index in [1.54, 1.807) is 12.1 Å². The Morgan fingerprint density at radius 1 is 1.15 bits per heavy atom. The highest BCUT2D eigenvalue weighted by molar-refractivity contribution is 5.71. The number of hydrogen-bond donors (Lipinski definition) is 1. The molecular formula is C18H17F3N2O3. The summed E-state index contributed by atoms with van der Waals surface area (Å²) in [6, 6.07) is 9.59. The quantitative estimate of drug-likeness (QED) is 0.851. The SMILES string of the molecule is O=C(O)C1CN(Cc2ccc(OCc3ccc(C(F)(F)F)nc3)cc2)C1.